The molecule has 0 aromatic heterocycles. The van der Waals surface area contributed by atoms with E-state index in [0.29, 0.717) is 0 Å². The van der Waals surface area contributed by atoms with Crippen molar-refractivity contribution in [2.75, 3.05) is 5.75 Å². The predicted octanol–water partition coefficient (Wildman–Crippen LogP) is 1.69. The molecule has 0 amide bonds. The SMILES string of the molecule is C=Cc1ccc(S(=O)(=O)CC(C)=O)cc1. The zero-order valence-corrected chi connectivity index (χ0v) is 9.25. The Morgan fingerprint density at radius 1 is 1.33 bits per heavy atom. The van der Waals surface area contributed by atoms with Crippen LogP contribution < -0.4 is 0 Å². The maximum Gasteiger partial charge on any atom is 0.185 e. The van der Waals surface area contributed by atoms with Gasteiger partial charge in [-0.05, 0) is 24.6 Å². The van der Waals surface area contributed by atoms with Gasteiger partial charge in [0.1, 0.15) is 11.5 Å². The van der Waals surface area contributed by atoms with Gasteiger partial charge in [-0.15, -0.1) is 0 Å². The molecule has 0 aliphatic carbocycles. The molecular weight excluding hydrogens is 212 g/mol. The minimum Gasteiger partial charge on any atom is -0.299 e. The molecule has 1 rings (SSSR count). The van der Waals surface area contributed by atoms with Crippen LogP contribution in [0.25, 0.3) is 6.08 Å². The van der Waals surface area contributed by atoms with Crippen molar-refractivity contribution < 1.29 is 13.2 Å². The topological polar surface area (TPSA) is 51.2 Å². The molecule has 0 unspecified atom stereocenters. The van der Waals surface area contributed by atoms with Gasteiger partial charge in [0.15, 0.2) is 9.84 Å². The van der Waals surface area contributed by atoms with Crippen LogP contribution in [-0.2, 0) is 14.6 Å². The van der Waals surface area contributed by atoms with Gasteiger partial charge in [0, 0.05) is 0 Å². The highest BCUT2D eigenvalue weighted by Gasteiger charge is 2.16. The van der Waals surface area contributed by atoms with E-state index in [4.69, 9.17) is 0 Å². The monoisotopic (exact) mass is 224 g/mol. The van der Waals surface area contributed by atoms with Crippen LogP contribution in [0.3, 0.4) is 0 Å². The Labute approximate surface area is 89.4 Å². The third-order valence-electron chi connectivity index (χ3n) is 1.87. The summed E-state index contributed by atoms with van der Waals surface area (Å²) in [6.45, 7) is 4.83. The van der Waals surface area contributed by atoms with Gasteiger partial charge in [-0.1, -0.05) is 24.8 Å². The lowest BCUT2D eigenvalue weighted by molar-refractivity contribution is -0.114. The smallest absolute Gasteiger partial charge is 0.185 e. The second-order valence-corrected chi connectivity index (χ2v) is 5.22. The lowest BCUT2D eigenvalue weighted by Crippen LogP contribution is -2.13. The number of hydrogen-bond acceptors (Lipinski definition) is 3. The van der Waals surface area contributed by atoms with Crippen molar-refractivity contribution >= 4 is 21.7 Å². The van der Waals surface area contributed by atoms with Crippen molar-refractivity contribution in [3.63, 3.8) is 0 Å². The normalized spacial score (nSPS) is 11.0. The number of sulfone groups is 1. The summed E-state index contributed by atoms with van der Waals surface area (Å²) in [5, 5.41) is 0. The number of Topliss-reactive ketones (excluding diaryl/α,β-unsaturated/α-hetero) is 1. The molecule has 0 radical (unpaired) electrons. The molecule has 1 aromatic carbocycles. The van der Waals surface area contributed by atoms with Crippen LogP contribution in [0, 0.1) is 0 Å². The first kappa shape index (κ1) is 11.7. The number of carbonyl (C=O) groups excluding carboxylic acids is 1. The van der Waals surface area contributed by atoms with Crippen molar-refractivity contribution in [2.24, 2.45) is 0 Å². The Balaban J connectivity index is 3.06. The summed E-state index contributed by atoms with van der Waals surface area (Å²) >= 11 is 0. The zero-order valence-electron chi connectivity index (χ0n) is 8.43. The van der Waals surface area contributed by atoms with Crippen molar-refractivity contribution in [3.8, 4) is 0 Å². The molecule has 3 nitrogen and oxygen atoms in total. The van der Waals surface area contributed by atoms with Crippen molar-refractivity contribution in [1.82, 2.24) is 0 Å². The maximum atomic E-state index is 11.6. The van der Waals surface area contributed by atoms with E-state index in [2.05, 4.69) is 6.58 Å². The van der Waals surface area contributed by atoms with Gasteiger partial charge in [0.2, 0.25) is 0 Å². The molecule has 4 heteroatoms. The maximum absolute atomic E-state index is 11.6. The Morgan fingerprint density at radius 3 is 2.27 bits per heavy atom. The molecule has 0 fully saturated rings. The largest absolute Gasteiger partial charge is 0.299 e. The van der Waals surface area contributed by atoms with Gasteiger partial charge >= 0.3 is 0 Å². The van der Waals surface area contributed by atoms with E-state index < -0.39 is 15.6 Å². The first-order valence-corrected chi connectivity index (χ1v) is 6.05. The second-order valence-electron chi connectivity index (χ2n) is 3.23. The summed E-state index contributed by atoms with van der Waals surface area (Å²) in [6.07, 6.45) is 1.63. The standard InChI is InChI=1S/C11H12O3S/c1-3-10-4-6-11(7-5-10)15(13,14)8-9(2)12/h3-7H,1,8H2,2H3. The van der Waals surface area contributed by atoms with Crippen LogP contribution in [0.15, 0.2) is 35.7 Å². The molecule has 0 aliphatic heterocycles. The van der Waals surface area contributed by atoms with Gasteiger partial charge < -0.3 is 0 Å². The number of benzene rings is 1. The minimum atomic E-state index is -3.47. The summed E-state index contributed by atoms with van der Waals surface area (Å²) in [6, 6.07) is 6.27. The molecule has 0 N–H and O–H groups in total. The quantitative estimate of drug-likeness (QED) is 0.782. The zero-order chi connectivity index (χ0) is 11.5. The van der Waals surface area contributed by atoms with Crippen LogP contribution >= 0.6 is 0 Å². The van der Waals surface area contributed by atoms with Gasteiger partial charge in [-0.2, -0.15) is 0 Å². The Hall–Kier alpha value is -1.42. The van der Waals surface area contributed by atoms with Gasteiger partial charge in [-0.3, -0.25) is 4.79 Å². The highest BCUT2D eigenvalue weighted by molar-refractivity contribution is 7.92. The highest BCUT2D eigenvalue weighted by Crippen LogP contribution is 2.13. The second kappa shape index (κ2) is 4.40. The molecule has 0 bridgehead atoms. The average molecular weight is 224 g/mol. The summed E-state index contributed by atoms with van der Waals surface area (Å²) in [4.78, 5) is 10.9. The molecule has 0 atom stereocenters. The number of ketones is 1. The lowest BCUT2D eigenvalue weighted by atomic mass is 10.2. The third kappa shape index (κ3) is 3.02. The van der Waals surface area contributed by atoms with Crippen LogP contribution in [0.4, 0.5) is 0 Å². The predicted molar refractivity (Wildman–Crippen MR) is 59.3 cm³/mol. The molecular formula is C11H12O3S. The molecule has 80 valence electrons. The first-order chi connectivity index (χ1) is 6.95. The number of rotatable bonds is 4. The molecule has 0 heterocycles. The summed E-state index contributed by atoms with van der Waals surface area (Å²) in [5.41, 5.74) is 0.844. The first-order valence-electron chi connectivity index (χ1n) is 4.40. The number of carbonyl (C=O) groups is 1. The fraction of sp³-hybridized carbons (Fsp3) is 0.182. The lowest BCUT2D eigenvalue weighted by Gasteiger charge is -2.02. The van der Waals surface area contributed by atoms with Gasteiger partial charge in [0.05, 0.1) is 4.90 Å². The molecule has 15 heavy (non-hydrogen) atoms. The molecule has 0 saturated heterocycles. The molecule has 1 aromatic rings. The van der Waals surface area contributed by atoms with Crippen LogP contribution in [0.2, 0.25) is 0 Å². The third-order valence-corrected chi connectivity index (χ3v) is 3.65. The van der Waals surface area contributed by atoms with Gasteiger partial charge in [0.25, 0.3) is 0 Å². The molecule has 0 spiro atoms. The van der Waals surface area contributed by atoms with Crippen LogP contribution in [0.5, 0.6) is 0 Å². The van der Waals surface area contributed by atoms with E-state index in [9.17, 15) is 13.2 Å². The van der Waals surface area contributed by atoms with Crippen LogP contribution in [0.1, 0.15) is 12.5 Å². The van der Waals surface area contributed by atoms with Gasteiger partial charge in [-0.25, -0.2) is 8.42 Å². The fourth-order valence-electron chi connectivity index (χ4n) is 1.16. The van der Waals surface area contributed by atoms with E-state index in [0.717, 1.165) is 5.56 Å². The Morgan fingerprint density at radius 2 is 1.87 bits per heavy atom. The average Bonchev–Trinajstić information content (AvgIpc) is 2.16. The molecule has 0 aliphatic rings. The number of hydrogen-bond donors (Lipinski definition) is 0. The Kier molecular flexibility index (Phi) is 3.42. The van der Waals surface area contributed by atoms with Crippen molar-refractivity contribution in [1.29, 1.82) is 0 Å². The fourth-order valence-corrected chi connectivity index (χ4v) is 2.41. The Bertz CT molecular complexity index is 469. The van der Waals surface area contributed by atoms with Crippen molar-refractivity contribution in [3.05, 3.63) is 36.4 Å². The van der Waals surface area contributed by atoms with Crippen LogP contribution in [-0.4, -0.2) is 20.0 Å². The minimum absolute atomic E-state index is 0.170. The van der Waals surface area contributed by atoms with E-state index >= 15 is 0 Å². The van der Waals surface area contributed by atoms with Crippen molar-refractivity contribution in [2.45, 2.75) is 11.8 Å². The highest BCUT2D eigenvalue weighted by atomic mass is 32.2. The van der Waals surface area contributed by atoms with E-state index in [1.54, 1.807) is 18.2 Å². The summed E-state index contributed by atoms with van der Waals surface area (Å²) in [7, 11) is -3.47. The van der Waals surface area contributed by atoms with E-state index in [1.807, 2.05) is 0 Å². The summed E-state index contributed by atoms with van der Waals surface area (Å²) in [5.74, 6) is -0.803. The molecule has 0 saturated carbocycles. The van der Waals surface area contributed by atoms with E-state index in [1.165, 1.54) is 19.1 Å². The summed E-state index contributed by atoms with van der Waals surface area (Å²) < 4.78 is 23.2. The van der Waals surface area contributed by atoms with E-state index in [-0.39, 0.29) is 10.7 Å².